The highest BCUT2D eigenvalue weighted by molar-refractivity contribution is 7.80. The fourth-order valence-electron chi connectivity index (χ4n) is 1.91. The Labute approximate surface area is 117 Å². The van der Waals surface area contributed by atoms with Gasteiger partial charge in [-0.3, -0.25) is 0 Å². The lowest BCUT2D eigenvalue weighted by atomic mass is 9.86. The van der Waals surface area contributed by atoms with E-state index in [1.807, 2.05) is 0 Å². The van der Waals surface area contributed by atoms with Crippen molar-refractivity contribution in [1.29, 1.82) is 0 Å². The molecule has 0 aliphatic heterocycles. The van der Waals surface area contributed by atoms with Crippen LogP contribution < -0.4 is 4.74 Å². The van der Waals surface area contributed by atoms with E-state index in [1.165, 1.54) is 11.1 Å². The Hall–Kier alpha value is -0.670. The largest absolute Gasteiger partial charge is 0.496 e. The van der Waals surface area contributed by atoms with Crippen molar-refractivity contribution >= 4 is 12.6 Å². The number of methoxy groups -OCH3 is 1. The fraction of sp³-hybridized carbons (Fsp3) is 0.600. The van der Waals surface area contributed by atoms with Crippen LogP contribution in [0.1, 0.15) is 31.9 Å². The van der Waals surface area contributed by atoms with Gasteiger partial charge in [-0.05, 0) is 24.1 Å². The molecule has 0 heterocycles. The molecule has 0 bridgehead atoms. The van der Waals surface area contributed by atoms with Gasteiger partial charge in [0.2, 0.25) is 0 Å². The first-order valence-corrected chi connectivity index (χ1v) is 6.98. The number of hydrogen-bond acceptors (Lipinski definition) is 3. The van der Waals surface area contributed by atoms with E-state index >= 15 is 0 Å². The molecule has 1 aromatic rings. The smallest absolute Gasteiger partial charge is 0.123 e. The van der Waals surface area contributed by atoms with Gasteiger partial charge in [-0.2, -0.15) is 12.6 Å². The van der Waals surface area contributed by atoms with E-state index in [2.05, 4.69) is 63.5 Å². The quantitative estimate of drug-likeness (QED) is 0.821. The number of hydrogen-bond donors (Lipinski definition) is 1. The van der Waals surface area contributed by atoms with Gasteiger partial charge in [0.1, 0.15) is 5.75 Å². The predicted octanol–water partition coefficient (Wildman–Crippen LogP) is 3.35. The van der Waals surface area contributed by atoms with Crippen molar-refractivity contribution in [2.75, 3.05) is 26.5 Å². The van der Waals surface area contributed by atoms with Crippen LogP contribution in [0.4, 0.5) is 0 Å². The standard InChI is InChI=1S/C15H25NOS/c1-15(2,3)13-6-7-14(17-5)12(10-13)11-16(4)8-9-18/h6-7,10,18H,8-9,11H2,1-5H3. The zero-order valence-corrected chi connectivity index (χ0v) is 13.1. The van der Waals surface area contributed by atoms with Crippen molar-refractivity contribution in [3.8, 4) is 5.75 Å². The maximum Gasteiger partial charge on any atom is 0.123 e. The average molecular weight is 267 g/mol. The van der Waals surface area contributed by atoms with Gasteiger partial charge in [-0.15, -0.1) is 0 Å². The van der Waals surface area contributed by atoms with Crippen LogP contribution in [0.25, 0.3) is 0 Å². The van der Waals surface area contributed by atoms with Gasteiger partial charge < -0.3 is 9.64 Å². The normalized spacial score (nSPS) is 11.9. The first kappa shape index (κ1) is 15.4. The average Bonchev–Trinajstić information content (AvgIpc) is 2.28. The van der Waals surface area contributed by atoms with Crippen molar-refractivity contribution in [3.63, 3.8) is 0 Å². The van der Waals surface area contributed by atoms with E-state index in [9.17, 15) is 0 Å². The van der Waals surface area contributed by atoms with Crippen molar-refractivity contribution in [2.24, 2.45) is 0 Å². The molecule has 0 radical (unpaired) electrons. The Morgan fingerprint density at radius 2 is 1.94 bits per heavy atom. The second-order valence-electron chi connectivity index (χ2n) is 5.74. The molecule has 0 atom stereocenters. The molecule has 3 heteroatoms. The summed E-state index contributed by atoms with van der Waals surface area (Å²) < 4.78 is 5.45. The summed E-state index contributed by atoms with van der Waals surface area (Å²) in [6, 6.07) is 6.49. The topological polar surface area (TPSA) is 12.5 Å². The highest BCUT2D eigenvalue weighted by Crippen LogP contribution is 2.28. The Kier molecular flexibility index (Phi) is 5.54. The van der Waals surface area contributed by atoms with Gasteiger partial charge in [-0.25, -0.2) is 0 Å². The maximum absolute atomic E-state index is 5.45. The molecule has 18 heavy (non-hydrogen) atoms. The Bertz CT molecular complexity index is 385. The third-order valence-corrected chi connectivity index (χ3v) is 3.27. The molecule has 0 N–H and O–H groups in total. The third-order valence-electron chi connectivity index (χ3n) is 3.07. The van der Waals surface area contributed by atoms with Crippen LogP contribution in [0, 0.1) is 0 Å². The second kappa shape index (κ2) is 6.48. The molecule has 0 aliphatic carbocycles. The highest BCUT2D eigenvalue weighted by Gasteiger charge is 2.16. The van der Waals surface area contributed by atoms with Crippen LogP contribution in [0.15, 0.2) is 18.2 Å². The molecule has 1 aromatic carbocycles. The van der Waals surface area contributed by atoms with Crippen LogP contribution in [0.2, 0.25) is 0 Å². The van der Waals surface area contributed by atoms with Gasteiger partial charge in [0.15, 0.2) is 0 Å². The van der Waals surface area contributed by atoms with E-state index in [0.29, 0.717) is 0 Å². The van der Waals surface area contributed by atoms with Crippen molar-refractivity contribution in [3.05, 3.63) is 29.3 Å². The molecule has 0 saturated carbocycles. The van der Waals surface area contributed by atoms with Crippen LogP contribution in [-0.4, -0.2) is 31.4 Å². The lowest BCUT2D eigenvalue weighted by Gasteiger charge is -2.23. The second-order valence-corrected chi connectivity index (χ2v) is 6.19. The minimum Gasteiger partial charge on any atom is -0.496 e. The monoisotopic (exact) mass is 267 g/mol. The van der Waals surface area contributed by atoms with Crippen LogP contribution in [-0.2, 0) is 12.0 Å². The minimum atomic E-state index is 0.170. The highest BCUT2D eigenvalue weighted by atomic mass is 32.1. The first-order chi connectivity index (χ1) is 8.38. The molecule has 0 amide bonds. The third kappa shape index (κ3) is 4.21. The van der Waals surface area contributed by atoms with Crippen molar-refractivity contribution < 1.29 is 4.74 Å². The number of ether oxygens (including phenoxy) is 1. The molecule has 0 unspecified atom stereocenters. The fourth-order valence-corrected chi connectivity index (χ4v) is 2.25. The summed E-state index contributed by atoms with van der Waals surface area (Å²) in [5.41, 5.74) is 2.76. The summed E-state index contributed by atoms with van der Waals surface area (Å²) in [4.78, 5) is 2.26. The first-order valence-electron chi connectivity index (χ1n) is 6.35. The summed E-state index contributed by atoms with van der Waals surface area (Å²) in [6.45, 7) is 8.57. The number of thiol groups is 1. The lowest BCUT2D eigenvalue weighted by molar-refractivity contribution is 0.335. The summed E-state index contributed by atoms with van der Waals surface area (Å²) in [7, 11) is 3.84. The molecule has 102 valence electrons. The Balaban J connectivity index is 2.99. The predicted molar refractivity (Wildman–Crippen MR) is 81.9 cm³/mol. The summed E-state index contributed by atoms with van der Waals surface area (Å²) in [5, 5.41) is 0. The molecule has 0 aromatic heterocycles. The molecular formula is C15H25NOS. The minimum absolute atomic E-state index is 0.170. The van der Waals surface area contributed by atoms with Gasteiger partial charge >= 0.3 is 0 Å². The molecule has 0 aliphatic rings. The van der Waals surface area contributed by atoms with E-state index in [-0.39, 0.29) is 5.41 Å². The van der Waals surface area contributed by atoms with Crippen molar-refractivity contribution in [1.82, 2.24) is 4.90 Å². The summed E-state index contributed by atoms with van der Waals surface area (Å²) >= 11 is 4.27. The van der Waals surface area contributed by atoms with Crippen LogP contribution in [0.5, 0.6) is 5.75 Å². The Morgan fingerprint density at radius 1 is 1.28 bits per heavy atom. The summed E-state index contributed by atoms with van der Waals surface area (Å²) in [6.07, 6.45) is 0. The molecule has 1 rings (SSSR count). The number of rotatable bonds is 5. The SMILES string of the molecule is COc1ccc(C(C)(C)C)cc1CN(C)CCS. The maximum atomic E-state index is 5.45. The van der Waals surface area contributed by atoms with E-state index in [1.54, 1.807) is 7.11 Å². The van der Waals surface area contributed by atoms with Gasteiger partial charge in [0.05, 0.1) is 7.11 Å². The number of benzene rings is 1. The molecule has 0 saturated heterocycles. The van der Waals surface area contributed by atoms with E-state index in [0.717, 1.165) is 24.6 Å². The molecule has 0 fully saturated rings. The van der Waals surface area contributed by atoms with Gasteiger partial charge in [0, 0.05) is 24.4 Å². The Morgan fingerprint density at radius 3 is 2.44 bits per heavy atom. The van der Waals surface area contributed by atoms with E-state index in [4.69, 9.17) is 4.74 Å². The van der Waals surface area contributed by atoms with Gasteiger partial charge in [0.25, 0.3) is 0 Å². The lowest BCUT2D eigenvalue weighted by Crippen LogP contribution is -2.21. The number of nitrogens with zero attached hydrogens (tertiary/aromatic N) is 1. The summed E-state index contributed by atoms with van der Waals surface area (Å²) in [5.74, 6) is 1.84. The van der Waals surface area contributed by atoms with Crippen LogP contribution in [0.3, 0.4) is 0 Å². The molecular weight excluding hydrogens is 242 g/mol. The van der Waals surface area contributed by atoms with Crippen LogP contribution >= 0.6 is 12.6 Å². The van der Waals surface area contributed by atoms with Crippen molar-refractivity contribution in [2.45, 2.75) is 32.7 Å². The zero-order valence-electron chi connectivity index (χ0n) is 12.2. The molecule has 2 nitrogen and oxygen atoms in total. The zero-order chi connectivity index (χ0) is 13.8. The molecule has 0 spiro atoms. The van der Waals surface area contributed by atoms with Gasteiger partial charge in [-0.1, -0.05) is 32.9 Å². The van der Waals surface area contributed by atoms with E-state index < -0.39 is 0 Å².